The van der Waals surface area contributed by atoms with Crippen molar-refractivity contribution in [1.82, 2.24) is 0 Å². The van der Waals surface area contributed by atoms with Gasteiger partial charge in [0.15, 0.2) is 5.78 Å². The van der Waals surface area contributed by atoms with Gasteiger partial charge < -0.3 is 5.11 Å². The molecule has 0 fully saturated rings. The maximum Gasteiger partial charge on any atom is 0.195 e. The summed E-state index contributed by atoms with van der Waals surface area (Å²) in [6.07, 6.45) is 0. The Balaban J connectivity index is 1.95. The Hall–Kier alpha value is -2.43. The van der Waals surface area contributed by atoms with Crippen LogP contribution in [0.4, 0.5) is 0 Å². The van der Waals surface area contributed by atoms with Crippen LogP contribution in [0.15, 0.2) is 71.2 Å². The van der Waals surface area contributed by atoms with Crippen molar-refractivity contribution in [3.63, 3.8) is 0 Å². The zero-order valence-corrected chi connectivity index (χ0v) is 16.4. The van der Waals surface area contributed by atoms with E-state index >= 15 is 0 Å². The van der Waals surface area contributed by atoms with Gasteiger partial charge in [-0.15, -0.1) is 11.3 Å². The molecule has 2 nitrogen and oxygen atoms in total. The van der Waals surface area contributed by atoms with Crippen molar-refractivity contribution in [3.05, 3.63) is 87.9 Å². The number of aryl methyl sites for hydroxylation is 1. The van der Waals surface area contributed by atoms with Crippen LogP contribution in [0.5, 0.6) is 5.75 Å². The highest BCUT2D eigenvalue weighted by Gasteiger charge is 2.21. The average Bonchev–Trinajstić information content (AvgIpc) is 3.03. The van der Waals surface area contributed by atoms with E-state index in [0.29, 0.717) is 11.1 Å². The number of phenolic OH excluding ortho intramolecular Hbond substituents is 1. The van der Waals surface area contributed by atoms with Gasteiger partial charge in [-0.1, -0.05) is 46.3 Å². The van der Waals surface area contributed by atoms with Crippen LogP contribution < -0.4 is 0 Å². The molecule has 26 heavy (non-hydrogen) atoms. The molecule has 1 heterocycles. The van der Waals surface area contributed by atoms with Crippen LogP contribution in [-0.2, 0) is 0 Å². The second kappa shape index (κ2) is 6.71. The maximum absolute atomic E-state index is 13.4. The maximum atomic E-state index is 13.4. The van der Waals surface area contributed by atoms with Gasteiger partial charge in [0, 0.05) is 30.6 Å². The molecule has 0 aliphatic heterocycles. The van der Waals surface area contributed by atoms with Gasteiger partial charge in [-0.2, -0.15) is 0 Å². The number of hydrogen-bond acceptors (Lipinski definition) is 3. The first-order valence-electron chi connectivity index (χ1n) is 8.16. The lowest BCUT2D eigenvalue weighted by Gasteiger charge is -2.07. The summed E-state index contributed by atoms with van der Waals surface area (Å²) in [5.74, 6) is 0.219. The third kappa shape index (κ3) is 2.96. The molecular weight excluding hydrogens is 408 g/mol. The molecule has 0 amide bonds. The third-order valence-corrected chi connectivity index (χ3v) is 6.46. The van der Waals surface area contributed by atoms with Crippen molar-refractivity contribution in [2.45, 2.75) is 6.92 Å². The summed E-state index contributed by atoms with van der Waals surface area (Å²) in [4.78, 5) is 14.3. The molecule has 128 valence electrons. The number of thiophene rings is 1. The highest BCUT2D eigenvalue weighted by Crippen LogP contribution is 2.40. The van der Waals surface area contributed by atoms with E-state index in [-0.39, 0.29) is 11.5 Å². The van der Waals surface area contributed by atoms with Gasteiger partial charge >= 0.3 is 0 Å². The van der Waals surface area contributed by atoms with Crippen LogP contribution in [0.2, 0.25) is 0 Å². The van der Waals surface area contributed by atoms with Gasteiger partial charge in [0.1, 0.15) is 5.75 Å². The molecule has 4 heteroatoms. The standard InChI is InChI=1S/C22H15BrO2S/c1-13-6-7-15(12-18(13)23)21(25)20-17-4-2-3-5-19(17)26-22(20)14-8-10-16(24)11-9-14/h2-12,24H,1H3. The third-order valence-electron chi connectivity index (χ3n) is 4.39. The summed E-state index contributed by atoms with van der Waals surface area (Å²) in [5.41, 5.74) is 3.40. The van der Waals surface area contributed by atoms with E-state index in [2.05, 4.69) is 15.9 Å². The zero-order chi connectivity index (χ0) is 18.3. The lowest BCUT2D eigenvalue weighted by Crippen LogP contribution is -2.02. The fraction of sp³-hybridized carbons (Fsp3) is 0.0455. The Morgan fingerprint density at radius 3 is 2.46 bits per heavy atom. The molecule has 0 unspecified atom stereocenters. The van der Waals surface area contributed by atoms with Crippen LogP contribution in [0.25, 0.3) is 20.5 Å². The molecule has 0 atom stereocenters. The highest BCUT2D eigenvalue weighted by molar-refractivity contribution is 9.10. The van der Waals surface area contributed by atoms with Gasteiger partial charge in [-0.05, 0) is 54.4 Å². The molecule has 0 radical (unpaired) electrons. The molecule has 1 N–H and O–H groups in total. The molecule has 0 bridgehead atoms. The second-order valence-corrected chi connectivity index (χ2v) is 8.05. The number of ketones is 1. The Bertz CT molecular complexity index is 1130. The fourth-order valence-corrected chi connectivity index (χ4v) is 4.55. The fourth-order valence-electron chi connectivity index (χ4n) is 2.97. The first-order valence-corrected chi connectivity index (χ1v) is 9.77. The van der Waals surface area contributed by atoms with Crippen molar-refractivity contribution in [2.75, 3.05) is 0 Å². The molecule has 3 aromatic carbocycles. The molecular formula is C22H15BrO2S. The van der Waals surface area contributed by atoms with Crippen molar-refractivity contribution in [1.29, 1.82) is 0 Å². The molecule has 0 spiro atoms. The SMILES string of the molecule is Cc1ccc(C(=O)c2c(-c3ccc(O)cc3)sc3ccccc23)cc1Br. The Labute approximate surface area is 163 Å². The molecule has 4 rings (SSSR count). The van der Waals surface area contributed by atoms with Crippen LogP contribution in [0.3, 0.4) is 0 Å². The first-order chi connectivity index (χ1) is 12.5. The average molecular weight is 423 g/mol. The van der Waals surface area contributed by atoms with Crippen LogP contribution in [0.1, 0.15) is 21.5 Å². The quantitative estimate of drug-likeness (QED) is 0.378. The molecule has 0 aliphatic carbocycles. The lowest BCUT2D eigenvalue weighted by molar-refractivity contribution is 0.104. The number of carbonyl (C=O) groups is 1. The van der Waals surface area contributed by atoms with Crippen LogP contribution in [0, 0.1) is 6.92 Å². The van der Waals surface area contributed by atoms with Gasteiger partial charge in [0.05, 0.1) is 0 Å². The summed E-state index contributed by atoms with van der Waals surface area (Å²) in [6, 6.07) is 20.7. The predicted octanol–water partition coefficient (Wildman–Crippen LogP) is 6.58. The van der Waals surface area contributed by atoms with E-state index in [4.69, 9.17) is 0 Å². The largest absolute Gasteiger partial charge is 0.508 e. The van der Waals surface area contributed by atoms with Crippen molar-refractivity contribution < 1.29 is 9.90 Å². The monoisotopic (exact) mass is 422 g/mol. The summed E-state index contributed by atoms with van der Waals surface area (Å²) in [7, 11) is 0. The minimum atomic E-state index is 0.00576. The minimum absolute atomic E-state index is 0.00576. The van der Waals surface area contributed by atoms with E-state index in [1.54, 1.807) is 23.5 Å². The number of benzene rings is 3. The first kappa shape index (κ1) is 17.0. The Kier molecular flexibility index (Phi) is 4.39. The smallest absolute Gasteiger partial charge is 0.195 e. The van der Waals surface area contributed by atoms with E-state index in [0.717, 1.165) is 30.6 Å². The van der Waals surface area contributed by atoms with Crippen LogP contribution >= 0.6 is 27.3 Å². The van der Waals surface area contributed by atoms with E-state index in [9.17, 15) is 9.90 Å². The summed E-state index contributed by atoms with van der Waals surface area (Å²) < 4.78 is 2.00. The predicted molar refractivity (Wildman–Crippen MR) is 111 cm³/mol. The number of carbonyl (C=O) groups excluding carboxylic acids is 1. The highest BCUT2D eigenvalue weighted by atomic mass is 79.9. The molecule has 4 aromatic rings. The van der Waals surface area contributed by atoms with E-state index < -0.39 is 0 Å². The molecule has 1 aromatic heterocycles. The summed E-state index contributed by atoms with van der Waals surface area (Å²) in [6.45, 7) is 2.00. The number of rotatable bonds is 3. The summed E-state index contributed by atoms with van der Waals surface area (Å²) in [5, 5.41) is 10.5. The Morgan fingerprint density at radius 2 is 1.73 bits per heavy atom. The normalized spacial score (nSPS) is 11.0. The second-order valence-electron chi connectivity index (χ2n) is 6.14. The Morgan fingerprint density at radius 1 is 1.00 bits per heavy atom. The number of aromatic hydroxyl groups is 1. The van der Waals surface area contributed by atoms with E-state index in [1.807, 2.05) is 61.5 Å². The van der Waals surface area contributed by atoms with Crippen molar-refractivity contribution in [3.8, 4) is 16.2 Å². The van der Waals surface area contributed by atoms with Crippen molar-refractivity contribution >= 4 is 43.1 Å². The van der Waals surface area contributed by atoms with Gasteiger partial charge in [0.25, 0.3) is 0 Å². The van der Waals surface area contributed by atoms with Crippen LogP contribution in [-0.4, -0.2) is 10.9 Å². The number of hydrogen-bond donors (Lipinski definition) is 1. The van der Waals surface area contributed by atoms with E-state index in [1.165, 1.54) is 0 Å². The molecule has 0 aliphatic rings. The lowest BCUT2D eigenvalue weighted by atomic mass is 9.97. The van der Waals surface area contributed by atoms with Gasteiger partial charge in [-0.3, -0.25) is 4.79 Å². The topological polar surface area (TPSA) is 37.3 Å². The minimum Gasteiger partial charge on any atom is -0.508 e. The van der Waals surface area contributed by atoms with Crippen molar-refractivity contribution in [2.24, 2.45) is 0 Å². The van der Waals surface area contributed by atoms with Gasteiger partial charge in [-0.25, -0.2) is 0 Å². The number of halogens is 1. The number of fused-ring (bicyclic) bond motifs is 1. The summed E-state index contributed by atoms with van der Waals surface area (Å²) >= 11 is 5.12. The molecule has 0 saturated heterocycles. The zero-order valence-electron chi connectivity index (χ0n) is 14.0. The number of phenols is 1. The van der Waals surface area contributed by atoms with Gasteiger partial charge in [0.2, 0.25) is 0 Å². The molecule has 0 saturated carbocycles.